The van der Waals surface area contributed by atoms with Crippen LogP contribution in [0.3, 0.4) is 0 Å². The molecule has 0 fully saturated rings. The number of carbonyl (C=O) groups is 3. The largest absolute Gasteiger partial charge is 0.467 e. The van der Waals surface area contributed by atoms with Gasteiger partial charge in [-0.25, -0.2) is 4.79 Å². The summed E-state index contributed by atoms with van der Waals surface area (Å²) in [7, 11) is -3.20. The first kappa shape index (κ1) is 21.0. The predicted molar refractivity (Wildman–Crippen MR) is 92.0 cm³/mol. The summed E-state index contributed by atoms with van der Waals surface area (Å²) in [6, 6.07) is 0. The second kappa shape index (κ2) is 8.05. The lowest BCUT2D eigenvalue weighted by molar-refractivity contribution is -0.156. The summed E-state index contributed by atoms with van der Waals surface area (Å²) in [5.41, 5.74) is -0.350. The quantitative estimate of drug-likeness (QED) is 0.384. The Kier molecular flexibility index (Phi) is 7.70. The highest BCUT2D eigenvalue weighted by Crippen LogP contribution is 2.13. The van der Waals surface area contributed by atoms with Crippen molar-refractivity contribution in [2.24, 2.45) is 0 Å². The molecule has 2 atom stereocenters. The van der Waals surface area contributed by atoms with Gasteiger partial charge < -0.3 is 9.47 Å². The monoisotopic (exact) mass is 346 g/mol. The van der Waals surface area contributed by atoms with Gasteiger partial charge in [-0.2, -0.15) is 0 Å². The van der Waals surface area contributed by atoms with E-state index in [1.807, 2.05) is 6.92 Å². The molecule has 0 saturated heterocycles. The highest BCUT2D eigenvalue weighted by Gasteiger charge is 2.29. The maximum absolute atomic E-state index is 11.7. The minimum absolute atomic E-state index is 0.0793. The van der Waals surface area contributed by atoms with Gasteiger partial charge in [-0.05, 0) is 13.8 Å². The minimum Gasteiger partial charge on any atom is -0.467 e. The van der Waals surface area contributed by atoms with Crippen LogP contribution < -0.4 is 0 Å². The molecule has 7 heteroatoms. The van der Waals surface area contributed by atoms with E-state index in [0.29, 0.717) is 0 Å². The molecular formula is C15H30O5Si2. The number of hydrogen-bond donors (Lipinski definition) is 0. The van der Waals surface area contributed by atoms with Crippen LogP contribution in [0.5, 0.6) is 0 Å². The molecule has 0 aliphatic carbocycles. The van der Waals surface area contributed by atoms with Crippen molar-refractivity contribution in [1.29, 1.82) is 0 Å². The van der Waals surface area contributed by atoms with Gasteiger partial charge in [0.05, 0.1) is 34.0 Å². The first-order valence-electron chi connectivity index (χ1n) is 7.68. The van der Waals surface area contributed by atoms with Gasteiger partial charge >= 0.3 is 11.9 Å². The van der Waals surface area contributed by atoms with E-state index in [9.17, 15) is 14.4 Å². The molecule has 22 heavy (non-hydrogen) atoms. The Morgan fingerprint density at radius 1 is 0.773 bits per heavy atom. The molecule has 0 aliphatic rings. The molecule has 0 rings (SSSR count). The molecule has 0 aromatic heterocycles. The third-order valence-corrected chi connectivity index (χ3v) is 8.93. The van der Waals surface area contributed by atoms with E-state index in [0.717, 1.165) is 0 Å². The van der Waals surface area contributed by atoms with Crippen LogP contribution >= 0.6 is 0 Å². The molecule has 5 nitrogen and oxygen atoms in total. The average Bonchev–Trinajstić information content (AvgIpc) is 2.33. The Bertz CT molecular complexity index is 421. The van der Waals surface area contributed by atoms with Crippen molar-refractivity contribution in [1.82, 2.24) is 0 Å². The standard InChI is InChI=1S/C15H30O5Si2/c1-11(21(3,4)5)19-14(17)10-9-13(16)15(18)20-12(2)22(6,7)8/h11-12H,9-10H2,1-8H3. The minimum atomic E-state index is -1.64. The van der Waals surface area contributed by atoms with E-state index in [4.69, 9.17) is 9.47 Å². The Morgan fingerprint density at radius 2 is 1.18 bits per heavy atom. The topological polar surface area (TPSA) is 69.7 Å². The molecule has 0 heterocycles. The average molecular weight is 347 g/mol. The van der Waals surface area contributed by atoms with Crippen molar-refractivity contribution in [3.05, 3.63) is 0 Å². The number of hydrogen-bond acceptors (Lipinski definition) is 5. The van der Waals surface area contributed by atoms with Crippen LogP contribution in [0.25, 0.3) is 0 Å². The summed E-state index contributed by atoms with van der Waals surface area (Å²) in [6.07, 6.45) is -0.238. The zero-order chi connectivity index (χ0) is 17.7. The van der Waals surface area contributed by atoms with Crippen LogP contribution in [0.1, 0.15) is 26.7 Å². The molecule has 2 unspecified atom stereocenters. The third kappa shape index (κ3) is 7.88. The van der Waals surface area contributed by atoms with Crippen molar-refractivity contribution >= 4 is 33.9 Å². The van der Waals surface area contributed by atoms with Crippen LogP contribution in [-0.2, 0) is 23.9 Å². The molecule has 128 valence electrons. The first-order chi connectivity index (χ1) is 9.75. The first-order valence-corrected chi connectivity index (χ1v) is 14.8. The van der Waals surface area contributed by atoms with Crippen LogP contribution in [-0.4, -0.2) is 45.3 Å². The molecule has 0 amide bonds. The van der Waals surface area contributed by atoms with Gasteiger partial charge in [-0.3, -0.25) is 9.59 Å². The lowest BCUT2D eigenvalue weighted by Gasteiger charge is -2.25. The number of Topliss-reactive ketones (excluding diaryl/α,β-unsaturated/α-hetero) is 1. The van der Waals surface area contributed by atoms with Gasteiger partial charge in [0, 0.05) is 6.42 Å². The maximum Gasteiger partial charge on any atom is 0.374 e. The fourth-order valence-corrected chi connectivity index (χ4v) is 2.10. The van der Waals surface area contributed by atoms with E-state index in [1.54, 1.807) is 6.92 Å². The number of ketones is 1. The fraction of sp³-hybridized carbons (Fsp3) is 0.800. The number of ether oxygens (including phenoxy) is 2. The lowest BCUT2D eigenvalue weighted by Crippen LogP contribution is -2.41. The van der Waals surface area contributed by atoms with Crippen molar-refractivity contribution in [3.8, 4) is 0 Å². The smallest absolute Gasteiger partial charge is 0.374 e. The molecule has 0 spiro atoms. The van der Waals surface area contributed by atoms with Crippen molar-refractivity contribution in [2.75, 3.05) is 0 Å². The summed E-state index contributed by atoms with van der Waals surface area (Å²) in [6.45, 7) is 16.2. The Balaban J connectivity index is 4.29. The van der Waals surface area contributed by atoms with Crippen LogP contribution in [0.4, 0.5) is 0 Å². The molecule has 0 aromatic rings. The number of rotatable bonds is 8. The molecular weight excluding hydrogens is 316 g/mol. The van der Waals surface area contributed by atoms with E-state index in [1.165, 1.54) is 0 Å². The molecule has 0 aromatic carbocycles. The van der Waals surface area contributed by atoms with Gasteiger partial charge in [0.25, 0.3) is 0 Å². The maximum atomic E-state index is 11.7. The van der Waals surface area contributed by atoms with E-state index in [2.05, 4.69) is 39.3 Å². The Morgan fingerprint density at radius 3 is 1.59 bits per heavy atom. The van der Waals surface area contributed by atoms with Crippen LogP contribution in [0, 0.1) is 0 Å². The number of esters is 2. The van der Waals surface area contributed by atoms with Crippen molar-refractivity contribution in [3.63, 3.8) is 0 Å². The molecule has 0 aliphatic heterocycles. The van der Waals surface area contributed by atoms with E-state index >= 15 is 0 Å². The summed E-state index contributed by atoms with van der Waals surface area (Å²) < 4.78 is 10.5. The van der Waals surface area contributed by atoms with Crippen molar-refractivity contribution < 1.29 is 23.9 Å². The second-order valence-corrected chi connectivity index (χ2v) is 18.9. The molecule has 0 N–H and O–H groups in total. The Labute approximate surface area is 135 Å². The summed E-state index contributed by atoms with van der Waals surface area (Å²) in [4.78, 5) is 35.1. The predicted octanol–water partition coefficient (Wildman–Crippen LogP) is 2.95. The Hall–Kier alpha value is -0.956. The normalized spacial score (nSPS) is 14.9. The summed E-state index contributed by atoms with van der Waals surface area (Å²) in [5.74, 6) is -1.95. The number of carbonyl (C=O) groups excluding carboxylic acids is 3. The van der Waals surface area contributed by atoms with Gasteiger partial charge in [-0.15, -0.1) is 0 Å². The highest BCUT2D eigenvalue weighted by atomic mass is 28.3. The van der Waals surface area contributed by atoms with Gasteiger partial charge in [0.2, 0.25) is 5.78 Å². The zero-order valence-corrected chi connectivity index (χ0v) is 17.1. The van der Waals surface area contributed by atoms with Crippen LogP contribution in [0.15, 0.2) is 0 Å². The highest BCUT2D eigenvalue weighted by molar-refractivity contribution is 6.77. The van der Waals surface area contributed by atoms with Gasteiger partial charge in [0.1, 0.15) is 0 Å². The summed E-state index contributed by atoms with van der Waals surface area (Å²) in [5, 5.41) is 0. The third-order valence-electron chi connectivity index (χ3n) is 3.82. The van der Waals surface area contributed by atoms with Gasteiger partial charge in [-0.1, -0.05) is 39.3 Å². The molecule has 0 bridgehead atoms. The molecule has 0 radical (unpaired) electrons. The molecule has 0 saturated carbocycles. The van der Waals surface area contributed by atoms with Gasteiger partial charge in [0.15, 0.2) is 0 Å². The lowest BCUT2D eigenvalue weighted by atomic mass is 10.2. The van der Waals surface area contributed by atoms with E-state index < -0.39 is 33.9 Å². The van der Waals surface area contributed by atoms with E-state index in [-0.39, 0.29) is 24.3 Å². The zero-order valence-electron chi connectivity index (χ0n) is 15.1. The van der Waals surface area contributed by atoms with Crippen LogP contribution in [0.2, 0.25) is 39.3 Å². The summed E-state index contributed by atoms with van der Waals surface area (Å²) >= 11 is 0. The second-order valence-electron chi connectivity index (χ2n) is 7.83. The van der Waals surface area contributed by atoms with Crippen molar-refractivity contribution in [2.45, 2.75) is 77.4 Å². The fourth-order valence-electron chi connectivity index (χ4n) is 1.15. The SMILES string of the molecule is CC(OC(=O)CCC(=O)C(=O)OC(C)[Si](C)(C)C)[Si](C)(C)C.